The second kappa shape index (κ2) is 15.7. The molecule has 0 unspecified atom stereocenters. The van der Waals surface area contributed by atoms with Gasteiger partial charge >= 0.3 is 6.18 Å². The second-order valence-corrected chi connectivity index (χ2v) is 14.5. The SMILES string of the molecule is [B]C([B])(C)N(CCN(C(=O)Cn1c(SCc2ccc(F)cc2)nc(=O)c2c1CCC2)C([B])([B])c1ccc(-c2ccc(C(F)(F)F)cc2)cc1)C([B])([B])C. The van der Waals surface area contributed by atoms with Crippen LogP contribution in [0.3, 0.4) is 0 Å². The molecular weight excluding hydrogens is 693 g/mol. The van der Waals surface area contributed by atoms with Gasteiger partial charge in [-0.25, -0.2) is 4.39 Å². The number of fused-ring (bicyclic) bond motifs is 1. The Labute approximate surface area is 319 Å². The number of thioether (sulfide) groups is 1. The summed E-state index contributed by atoms with van der Waals surface area (Å²) in [5.41, 5.74) is 2.25. The van der Waals surface area contributed by atoms with E-state index in [2.05, 4.69) is 4.98 Å². The number of rotatable bonds is 13. The Bertz CT molecular complexity index is 1970. The molecule has 260 valence electrons. The molecule has 3 aromatic carbocycles. The summed E-state index contributed by atoms with van der Waals surface area (Å²) in [6, 6.07) is 17.1. The molecule has 0 saturated heterocycles. The zero-order chi connectivity index (χ0) is 38.9. The monoisotopic (exact) mass is 726 g/mol. The number of hydrogen-bond acceptors (Lipinski definition) is 5. The van der Waals surface area contributed by atoms with Crippen molar-refractivity contribution in [3.05, 3.63) is 117 Å². The van der Waals surface area contributed by atoms with Crippen LogP contribution in [0.1, 0.15) is 48.2 Å². The smallest absolute Gasteiger partial charge is 0.347 e. The van der Waals surface area contributed by atoms with E-state index in [0.29, 0.717) is 58.1 Å². The highest BCUT2D eigenvalue weighted by Gasteiger charge is 2.36. The van der Waals surface area contributed by atoms with Crippen molar-refractivity contribution in [2.75, 3.05) is 13.1 Å². The number of hydrogen-bond donors (Lipinski definition) is 0. The lowest BCUT2D eigenvalue weighted by Gasteiger charge is -2.50. The average Bonchev–Trinajstić information content (AvgIpc) is 3.57. The van der Waals surface area contributed by atoms with Crippen LogP contribution in [-0.2, 0) is 41.4 Å². The molecule has 0 bridgehead atoms. The summed E-state index contributed by atoms with van der Waals surface area (Å²) < 4.78 is 54.6. The Morgan fingerprint density at radius 3 is 1.89 bits per heavy atom. The van der Waals surface area contributed by atoms with Crippen molar-refractivity contribution in [2.45, 2.75) is 72.8 Å². The number of benzene rings is 3. The average molecular weight is 726 g/mol. The summed E-state index contributed by atoms with van der Waals surface area (Å²) in [4.78, 5) is 34.5. The molecule has 4 aromatic rings. The van der Waals surface area contributed by atoms with E-state index in [4.69, 9.17) is 47.1 Å². The van der Waals surface area contributed by atoms with Gasteiger partial charge in [0.1, 0.15) is 12.4 Å². The van der Waals surface area contributed by atoms with Crippen molar-refractivity contribution >= 4 is 64.7 Å². The van der Waals surface area contributed by atoms with Gasteiger partial charge in [0.25, 0.3) is 5.56 Å². The quantitative estimate of drug-likeness (QED) is 0.0899. The highest BCUT2D eigenvalue weighted by atomic mass is 32.2. The fraction of sp³-hybridized carbons (Fsp3) is 0.361. The maximum atomic E-state index is 14.5. The van der Waals surface area contributed by atoms with E-state index >= 15 is 0 Å². The highest BCUT2D eigenvalue weighted by Crippen LogP contribution is 2.33. The molecule has 0 N–H and O–H groups in total. The van der Waals surface area contributed by atoms with Gasteiger partial charge in [0.2, 0.25) is 5.91 Å². The van der Waals surface area contributed by atoms with E-state index in [1.165, 1.54) is 59.7 Å². The van der Waals surface area contributed by atoms with Gasteiger partial charge in [-0.15, -0.1) is 0 Å². The van der Waals surface area contributed by atoms with Gasteiger partial charge in [0.15, 0.2) is 5.16 Å². The fourth-order valence-electron chi connectivity index (χ4n) is 6.46. The molecule has 0 saturated carbocycles. The third kappa shape index (κ3) is 9.57. The molecular formula is C36H32B6F4N4O2S. The standard InChI is InChI=1S/C36H32B6F4N4O2S/c1-33(37,38)50(34(2,39)40)19-18-49(35(41,42)25-12-8-23(9-13-25)24-10-14-26(15-11-24)36(44,45)46)30(51)20-48-29-5-3-4-28(29)31(52)47-32(48)53-21-22-6-16-27(43)17-7-22/h6-17H,3-5,18-21H2,1-2H3. The third-order valence-electron chi connectivity index (χ3n) is 9.13. The maximum Gasteiger partial charge on any atom is 0.416 e. The van der Waals surface area contributed by atoms with Gasteiger partial charge < -0.3 is 14.4 Å². The van der Waals surface area contributed by atoms with Gasteiger partial charge in [0, 0.05) is 30.1 Å². The molecule has 1 amide bonds. The van der Waals surface area contributed by atoms with Crippen LogP contribution in [0.4, 0.5) is 17.6 Å². The first-order valence-corrected chi connectivity index (χ1v) is 17.7. The lowest BCUT2D eigenvalue weighted by molar-refractivity contribution is -0.137. The Morgan fingerprint density at radius 2 is 1.36 bits per heavy atom. The number of carbonyl (C=O) groups excluding carboxylic acids is 1. The minimum absolute atomic E-state index is 0.0643. The minimum atomic E-state index is -4.48. The molecule has 5 rings (SSSR count). The Kier molecular flexibility index (Phi) is 12.0. The molecule has 53 heavy (non-hydrogen) atoms. The van der Waals surface area contributed by atoms with Crippen molar-refractivity contribution in [2.24, 2.45) is 0 Å². The largest absolute Gasteiger partial charge is 0.416 e. The van der Waals surface area contributed by atoms with Crippen LogP contribution >= 0.6 is 11.8 Å². The lowest BCUT2D eigenvalue weighted by Crippen LogP contribution is -2.63. The van der Waals surface area contributed by atoms with E-state index in [9.17, 15) is 27.2 Å². The second-order valence-electron chi connectivity index (χ2n) is 13.6. The number of nitrogens with zero attached hydrogens (tertiary/aromatic N) is 4. The Morgan fingerprint density at radius 1 is 0.811 bits per heavy atom. The van der Waals surface area contributed by atoms with Crippen molar-refractivity contribution in [3.8, 4) is 11.1 Å². The minimum Gasteiger partial charge on any atom is -0.347 e. The van der Waals surface area contributed by atoms with Crippen molar-refractivity contribution < 1.29 is 22.4 Å². The summed E-state index contributed by atoms with van der Waals surface area (Å²) in [6.45, 7) is 2.47. The first-order chi connectivity index (χ1) is 24.7. The van der Waals surface area contributed by atoms with Crippen LogP contribution in [0, 0.1) is 5.82 Å². The molecule has 0 aliphatic heterocycles. The zero-order valence-electron chi connectivity index (χ0n) is 29.4. The van der Waals surface area contributed by atoms with Gasteiger partial charge in [-0.05, 0) is 71.1 Å². The summed E-state index contributed by atoms with van der Waals surface area (Å²) >= 11 is 1.23. The number of amides is 1. The van der Waals surface area contributed by atoms with Crippen LogP contribution in [0.15, 0.2) is 82.7 Å². The molecule has 1 aromatic heterocycles. The highest BCUT2D eigenvalue weighted by molar-refractivity contribution is 7.98. The lowest BCUT2D eigenvalue weighted by atomic mass is 9.54. The van der Waals surface area contributed by atoms with E-state index < -0.39 is 33.7 Å². The van der Waals surface area contributed by atoms with Crippen LogP contribution < -0.4 is 5.56 Å². The normalized spacial score (nSPS) is 13.6. The molecule has 17 heteroatoms. The van der Waals surface area contributed by atoms with Crippen molar-refractivity contribution in [3.63, 3.8) is 0 Å². The topological polar surface area (TPSA) is 58.4 Å². The molecule has 0 spiro atoms. The molecule has 0 atom stereocenters. The van der Waals surface area contributed by atoms with E-state index in [1.807, 2.05) is 0 Å². The van der Waals surface area contributed by atoms with E-state index in [-0.39, 0.29) is 31.0 Å². The molecule has 1 heterocycles. The zero-order valence-corrected chi connectivity index (χ0v) is 30.2. The van der Waals surface area contributed by atoms with E-state index in [1.54, 1.807) is 41.0 Å². The van der Waals surface area contributed by atoms with Crippen LogP contribution in [0.5, 0.6) is 0 Å². The first kappa shape index (κ1) is 40.6. The summed E-state index contributed by atoms with van der Waals surface area (Å²) in [5, 5.41) is -4.70. The predicted molar refractivity (Wildman–Crippen MR) is 205 cm³/mol. The molecule has 6 nitrogen and oxygen atoms in total. The van der Waals surface area contributed by atoms with Gasteiger partial charge in [0.05, 0.1) is 52.6 Å². The number of halogens is 4. The van der Waals surface area contributed by atoms with Crippen molar-refractivity contribution in [1.29, 1.82) is 0 Å². The maximum absolute atomic E-state index is 14.5. The Balaban J connectivity index is 1.50. The first-order valence-electron chi connectivity index (χ1n) is 16.8. The number of carbonyl (C=O) groups is 1. The van der Waals surface area contributed by atoms with Gasteiger partial charge in [-0.2, -0.15) is 18.2 Å². The van der Waals surface area contributed by atoms with Gasteiger partial charge in [-0.3, -0.25) is 9.59 Å². The molecule has 12 radical (unpaired) electrons. The number of alkyl halides is 3. The molecule has 1 aliphatic carbocycles. The van der Waals surface area contributed by atoms with Crippen LogP contribution in [0.25, 0.3) is 11.1 Å². The van der Waals surface area contributed by atoms with Crippen molar-refractivity contribution in [1.82, 2.24) is 19.4 Å². The summed E-state index contributed by atoms with van der Waals surface area (Å²) in [6.07, 6.45) is -2.73. The van der Waals surface area contributed by atoms with Gasteiger partial charge in [-0.1, -0.05) is 84.8 Å². The molecule has 0 fully saturated rings. The Hall–Kier alpha value is -3.57. The van der Waals surface area contributed by atoms with E-state index in [0.717, 1.165) is 17.7 Å². The predicted octanol–water partition coefficient (Wildman–Crippen LogP) is 4.15. The summed E-state index contributed by atoms with van der Waals surface area (Å²) in [7, 11) is 38.5. The van der Waals surface area contributed by atoms with Crippen LogP contribution in [0.2, 0.25) is 0 Å². The fourth-order valence-corrected chi connectivity index (χ4v) is 7.43. The number of aromatic nitrogens is 2. The summed E-state index contributed by atoms with van der Waals surface area (Å²) in [5.74, 6) is -0.583. The molecule has 1 aliphatic rings. The van der Waals surface area contributed by atoms with Crippen LogP contribution in [-0.4, -0.2) is 96.1 Å². The third-order valence-corrected chi connectivity index (χ3v) is 10.2.